The van der Waals surface area contributed by atoms with Crippen LogP contribution in [0, 0.1) is 6.92 Å². The van der Waals surface area contributed by atoms with Crippen LogP contribution in [0.25, 0.3) is 5.65 Å². The highest BCUT2D eigenvalue weighted by Gasteiger charge is 2.23. The molecule has 1 amide bonds. The largest absolute Gasteiger partial charge is 0.484 e. The number of carbonyl (C=O) groups excluding carboxylic acids is 1. The van der Waals surface area contributed by atoms with Crippen LogP contribution in [0.5, 0.6) is 5.75 Å². The van der Waals surface area contributed by atoms with Gasteiger partial charge in [-0.2, -0.15) is 5.10 Å². The van der Waals surface area contributed by atoms with E-state index in [4.69, 9.17) is 4.74 Å². The lowest BCUT2D eigenvalue weighted by atomic mass is 10.0. The monoisotopic (exact) mass is 364 g/mol. The molecule has 0 radical (unpaired) electrons. The van der Waals surface area contributed by atoms with Gasteiger partial charge in [0.1, 0.15) is 5.75 Å². The van der Waals surface area contributed by atoms with Gasteiger partial charge < -0.3 is 9.64 Å². The van der Waals surface area contributed by atoms with Crippen LogP contribution in [0.3, 0.4) is 0 Å². The summed E-state index contributed by atoms with van der Waals surface area (Å²) in [5.41, 5.74) is 5.26. The fourth-order valence-electron chi connectivity index (χ4n) is 3.45. The maximum absolute atomic E-state index is 12.6. The third-order valence-corrected chi connectivity index (χ3v) is 5.03. The minimum absolute atomic E-state index is 0.00895. The molecule has 6 nitrogen and oxygen atoms in total. The van der Waals surface area contributed by atoms with Gasteiger partial charge in [-0.15, -0.1) is 0 Å². The van der Waals surface area contributed by atoms with Gasteiger partial charge in [0, 0.05) is 37.3 Å². The molecule has 3 heterocycles. The van der Waals surface area contributed by atoms with Gasteiger partial charge in [0.2, 0.25) is 0 Å². The third-order valence-electron chi connectivity index (χ3n) is 5.03. The highest BCUT2D eigenvalue weighted by Crippen LogP contribution is 2.21. The number of fused-ring (bicyclic) bond motifs is 3. The van der Waals surface area contributed by atoms with Crippen LogP contribution in [0.15, 0.2) is 36.5 Å². The molecule has 0 fully saturated rings. The summed E-state index contributed by atoms with van der Waals surface area (Å²) in [6.07, 6.45) is 2.63. The molecule has 1 aliphatic rings. The van der Waals surface area contributed by atoms with Crippen molar-refractivity contribution in [1.29, 1.82) is 0 Å². The lowest BCUT2D eigenvalue weighted by Crippen LogP contribution is -2.39. The molecule has 0 N–H and O–H groups in total. The second kappa shape index (κ2) is 7.02. The summed E-state index contributed by atoms with van der Waals surface area (Å²) in [4.78, 5) is 18.9. The van der Waals surface area contributed by atoms with E-state index in [0.29, 0.717) is 19.0 Å². The third kappa shape index (κ3) is 3.52. The van der Waals surface area contributed by atoms with Crippen LogP contribution in [0.1, 0.15) is 42.3 Å². The van der Waals surface area contributed by atoms with E-state index < -0.39 is 0 Å². The minimum atomic E-state index is -0.00895. The van der Waals surface area contributed by atoms with Crippen molar-refractivity contribution < 1.29 is 9.53 Å². The van der Waals surface area contributed by atoms with Gasteiger partial charge in [-0.3, -0.25) is 4.79 Å². The average Bonchev–Trinajstić information content (AvgIpc) is 3.06. The number of ether oxygens (including phenoxy) is 1. The molecule has 4 rings (SSSR count). The molecular formula is C21H24N4O2. The number of hydrogen-bond acceptors (Lipinski definition) is 4. The summed E-state index contributed by atoms with van der Waals surface area (Å²) >= 11 is 0. The number of nitrogens with zero attached hydrogens (tertiary/aromatic N) is 4. The Bertz CT molecular complexity index is 976. The zero-order valence-electron chi connectivity index (χ0n) is 16.0. The molecule has 0 unspecified atom stereocenters. The second-order valence-electron chi connectivity index (χ2n) is 7.36. The standard InChI is InChI=1S/C21H24N4O2/c1-14(2)16-4-6-18(7-5-16)27-13-21(26)24-9-8-19-17(12-24)11-22-20-10-15(3)23-25(19)20/h4-7,10-11,14H,8-9,12-13H2,1-3H3. The van der Waals surface area contributed by atoms with Crippen molar-refractivity contribution in [3.63, 3.8) is 0 Å². The first-order chi connectivity index (χ1) is 13.0. The van der Waals surface area contributed by atoms with Crippen LogP contribution in [0.2, 0.25) is 0 Å². The van der Waals surface area contributed by atoms with E-state index in [-0.39, 0.29) is 12.5 Å². The molecule has 0 saturated carbocycles. The van der Waals surface area contributed by atoms with Gasteiger partial charge in [0.15, 0.2) is 12.3 Å². The maximum Gasteiger partial charge on any atom is 0.260 e. The number of amides is 1. The van der Waals surface area contributed by atoms with E-state index in [9.17, 15) is 4.79 Å². The fraction of sp³-hybridized carbons (Fsp3) is 0.381. The van der Waals surface area contributed by atoms with Crippen LogP contribution < -0.4 is 4.74 Å². The van der Waals surface area contributed by atoms with Crippen LogP contribution >= 0.6 is 0 Å². The van der Waals surface area contributed by atoms with Crippen LogP contribution in [-0.2, 0) is 17.8 Å². The summed E-state index contributed by atoms with van der Waals surface area (Å²) in [7, 11) is 0. The Morgan fingerprint density at radius 3 is 2.78 bits per heavy atom. The van der Waals surface area contributed by atoms with Gasteiger partial charge in [-0.05, 0) is 30.5 Å². The van der Waals surface area contributed by atoms with E-state index >= 15 is 0 Å². The Labute approximate surface area is 158 Å². The Morgan fingerprint density at radius 2 is 2.04 bits per heavy atom. The lowest BCUT2D eigenvalue weighted by Gasteiger charge is -2.28. The van der Waals surface area contributed by atoms with Crippen LogP contribution in [-0.4, -0.2) is 38.6 Å². The molecule has 0 spiro atoms. The molecule has 1 aromatic carbocycles. The highest BCUT2D eigenvalue weighted by molar-refractivity contribution is 5.78. The Hall–Kier alpha value is -2.89. The summed E-state index contributed by atoms with van der Waals surface area (Å²) in [5, 5.41) is 4.52. The van der Waals surface area contributed by atoms with Gasteiger partial charge in [0.05, 0.1) is 11.4 Å². The van der Waals surface area contributed by atoms with E-state index in [0.717, 1.165) is 34.8 Å². The zero-order valence-corrected chi connectivity index (χ0v) is 16.0. The van der Waals surface area contributed by atoms with E-state index in [1.54, 1.807) is 0 Å². The summed E-state index contributed by atoms with van der Waals surface area (Å²) in [6.45, 7) is 7.53. The number of aryl methyl sites for hydroxylation is 1. The van der Waals surface area contributed by atoms with Gasteiger partial charge >= 0.3 is 0 Å². The Balaban J connectivity index is 1.41. The molecule has 3 aromatic rings. The SMILES string of the molecule is Cc1cc2ncc3c(n2n1)CCN(C(=O)COc1ccc(C(C)C)cc1)C3. The molecule has 6 heteroatoms. The molecule has 27 heavy (non-hydrogen) atoms. The predicted octanol–water partition coefficient (Wildman–Crippen LogP) is 3.12. The minimum Gasteiger partial charge on any atom is -0.484 e. The molecule has 2 aromatic heterocycles. The van der Waals surface area contributed by atoms with E-state index in [1.807, 2.05) is 52.9 Å². The number of hydrogen-bond donors (Lipinski definition) is 0. The molecule has 140 valence electrons. The topological polar surface area (TPSA) is 59.7 Å². The maximum atomic E-state index is 12.6. The lowest BCUT2D eigenvalue weighted by molar-refractivity contribution is -0.134. The summed E-state index contributed by atoms with van der Waals surface area (Å²) in [6, 6.07) is 9.91. The average molecular weight is 364 g/mol. The van der Waals surface area contributed by atoms with Gasteiger partial charge in [0.25, 0.3) is 5.91 Å². The highest BCUT2D eigenvalue weighted by atomic mass is 16.5. The molecular weight excluding hydrogens is 340 g/mol. The molecule has 0 aliphatic carbocycles. The van der Waals surface area contributed by atoms with Gasteiger partial charge in [-0.25, -0.2) is 9.50 Å². The van der Waals surface area contributed by atoms with Crippen LogP contribution in [0.4, 0.5) is 0 Å². The molecule has 0 bridgehead atoms. The number of benzene rings is 1. The normalized spacial score (nSPS) is 13.9. The van der Waals surface area contributed by atoms with Crippen molar-refractivity contribution in [2.75, 3.05) is 13.2 Å². The summed E-state index contributed by atoms with van der Waals surface area (Å²) in [5.74, 6) is 1.19. The number of rotatable bonds is 4. The first-order valence-electron chi connectivity index (χ1n) is 9.35. The Morgan fingerprint density at radius 1 is 1.26 bits per heavy atom. The predicted molar refractivity (Wildman–Crippen MR) is 103 cm³/mol. The van der Waals surface area contributed by atoms with Crippen molar-refractivity contribution in [3.8, 4) is 5.75 Å². The van der Waals surface area contributed by atoms with Crippen molar-refractivity contribution in [1.82, 2.24) is 19.5 Å². The van der Waals surface area contributed by atoms with Crippen molar-refractivity contribution >= 4 is 11.6 Å². The van der Waals surface area contributed by atoms with Gasteiger partial charge in [-0.1, -0.05) is 26.0 Å². The smallest absolute Gasteiger partial charge is 0.260 e. The quantitative estimate of drug-likeness (QED) is 0.714. The van der Waals surface area contributed by atoms with Crippen molar-refractivity contribution in [3.05, 3.63) is 59.0 Å². The molecule has 1 aliphatic heterocycles. The second-order valence-corrected chi connectivity index (χ2v) is 7.36. The zero-order chi connectivity index (χ0) is 19.0. The first kappa shape index (κ1) is 17.5. The van der Waals surface area contributed by atoms with Crippen molar-refractivity contribution in [2.45, 2.75) is 39.7 Å². The van der Waals surface area contributed by atoms with E-state index in [1.165, 1.54) is 5.56 Å². The molecule has 0 saturated heterocycles. The number of carbonyl (C=O) groups is 1. The Kier molecular flexibility index (Phi) is 4.56. The first-order valence-corrected chi connectivity index (χ1v) is 9.35. The fourth-order valence-corrected chi connectivity index (χ4v) is 3.45. The molecule has 0 atom stereocenters. The number of aromatic nitrogens is 3. The van der Waals surface area contributed by atoms with Crippen molar-refractivity contribution in [2.24, 2.45) is 0 Å². The summed E-state index contributed by atoms with van der Waals surface area (Å²) < 4.78 is 7.59. The van der Waals surface area contributed by atoms with E-state index in [2.05, 4.69) is 23.9 Å².